The van der Waals surface area contributed by atoms with Crippen molar-refractivity contribution in [2.75, 3.05) is 24.7 Å². The van der Waals surface area contributed by atoms with Gasteiger partial charge < -0.3 is 4.90 Å². The zero-order valence-electron chi connectivity index (χ0n) is 12.8. The fourth-order valence-corrected chi connectivity index (χ4v) is 3.60. The van der Waals surface area contributed by atoms with Crippen LogP contribution in [0.2, 0.25) is 0 Å². The van der Waals surface area contributed by atoms with Crippen LogP contribution in [0.5, 0.6) is 0 Å². The minimum absolute atomic E-state index is 0.797. The summed E-state index contributed by atoms with van der Waals surface area (Å²) in [5.41, 5.74) is 4.67. The van der Waals surface area contributed by atoms with Gasteiger partial charge in [0.2, 0.25) is 0 Å². The second kappa shape index (κ2) is 5.39. The summed E-state index contributed by atoms with van der Waals surface area (Å²) in [6.45, 7) is 0. The quantitative estimate of drug-likeness (QED) is 0.812. The van der Waals surface area contributed by atoms with Crippen molar-refractivity contribution in [2.45, 2.75) is 23.8 Å². The van der Waals surface area contributed by atoms with E-state index >= 15 is 0 Å². The topological polar surface area (TPSA) is 41.4 Å². The zero-order chi connectivity index (χ0) is 15.1. The molecule has 2 aromatic rings. The highest BCUT2D eigenvalue weighted by molar-refractivity contribution is 8.00. The number of rotatable bonds is 3. The van der Waals surface area contributed by atoms with Crippen molar-refractivity contribution in [3.05, 3.63) is 41.7 Å². The third kappa shape index (κ3) is 2.50. The number of nitrogens with zero attached hydrogens (tertiary/aromatic N) is 4. The predicted octanol–water partition coefficient (Wildman–Crippen LogP) is 3.65. The molecule has 0 atom stereocenters. The first-order valence-electron chi connectivity index (χ1n) is 7.55. The van der Waals surface area contributed by atoms with Crippen LogP contribution in [0.4, 0.5) is 11.5 Å². The van der Waals surface area contributed by atoms with E-state index in [2.05, 4.69) is 34.2 Å². The lowest BCUT2D eigenvalue weighted by atomic mass is 10.1. The molecule has 112 valence electrons. The van der Waals surface area contributed by atoms with Gasteiger partial charge in [-0.2, -0.15) is 0 Å². The predicted molar refractivity (Wildman–Crippen MR) is 91.7 cm³/mol. The molecule has 2 aliphatic rings. The average Bonchev–Trinajstić information content (AvgIpc) is 3.39. The Morgan fingerprint density at radius 3 is 2.55 bits per heavy atom. The largest absolute Gasteiger partial charge is 0.361 e. The Bertz CT molecular complexity index is 733. The van der Waals surface area contributed by atoms with Gasteiger partial charge in [-0.3, -0.25) is 0 Å². The number of hydrogen-bond acceptors (Lipinski definition) is 5. The summed E-state index contributed by atoms with van der Waals surface area (Å²) in [6, 6.07) is 8.92. The first-order valence-corrected chi connectivity index (χ1v) is 8.54. The summed E-state index contributed by atoms with van der Waals surface area (Å²) in [6.07, 6.45) is 4.30. The molecule has 1 aliphatic carbocycles. The Morgan fingerprint density at radius 1 is 1.09 bits per heavy atom. The molecule has 0 saturated heterocycles. The Hall–Kier alpha value is -1.88. The standard InChI is InChI=1S/C17H18N4S/c1-21(2)16-15-17(19-10-18-16)22-9-14(20-15)13-7-5-12(6-8-13)11-3-4-11/h5-8,10-11H,3-4,9H2,1-2H3. The highest BCUT2D eigenvalue weighted by Gasteiger charge is 2.24. The number of anilines is 1. The number of fused-ring (bicyclic) bond motifs is 1. The van der Waals surface area contributed by atoms with Crippen molar-refractivity contribution in [1.29, 1.82) is 0 Å². The average molecular weight is 310 g/mol. The van der Waals surface area contributed by atoms with Gasteiger partial charge in [-0.25, -0.2) is 15.0 Å². The van der Waals surface area contributed by atoms with E-state index in [0.29, 0.717) is 0 Å². The molecular weight excluding hydrogens is 292 g/mol. The fourth-order valence-electron chi connectivity index (χ4n) is 2.70. The highest BCUT2D eigenvalue weighted by atomic mass is 32.2. The van der Waals surface area contributed by atoms with Gasteiger partial charge in [0, 0.05) is 19.8 Å². The van der Waals surface area contributed by atoms with Crippen LogP contribution in [0.3, 0.4) is 0 Å². The second-order valence-corrected chi connectivity index (χ2v) is 6.95. The van der Waals surface area contributed by atoms with Crippen LogP contribution >= 0.6 is 11.8 Å². The lowest BCUT2D eigenvalue weighted by molar-refractivity contribution is 0.979. The minimum Gasteiger partial charge on any atom is -0.361 e. The Kier molecular flexibility index (Phi) is 3.37. The van der Waals surface area contributed by atoms with E-state index in [1.165, 1.54) is 24.0 Å². The summed E-state index contributed by atoms with van der Waals surface area (Å²) >= 11 is 1.74. The van der Waals surface area contributed by atoms with Crippen molar-refractivity contribution in [2.24, 2.45) is 4.99 Å². The molecule has 1 fully saturated rings. The smallest absolute Gasteiger partial charge is 0.158 e. The molecule has 0 unspecified atom stereocenters. The van der Waals surface area contributed by atoms with Gasteiger partial charge in [0.15, 0.2) is 5.82 Å². The number of aromatic nitrogens is 2. The van der Waals surface area contributed by atoms with E-state index in [0.717, 1.165) is 33.9 Å². The maximum Gasteiger partial charge on any atom is 0.158 e. The Labute approximate surface area is 134 Å². The summed E-state index contributed by atoms with van der Waals surface area (Å²) in [5.74, 6) is 2.54. The van der Waals surface area contributed by atoms with E-state index < -0.39 is 0 Å². The molecule has 1 aromatic heterocycles. The van der Waals surface area contributed by atoms with E-state index in [1.807, 2.05) is 19.0 Å². The van der Waals surface area contributed by atoms with E-state index in [1.54, 1.807) is 18.1 Å². The molecule has 4 rings (SSSR count). The molecule has 1 aromatic carbocycles. The first-order chi connectivity index (χ1) is 10.7. The molecule has 0 radical (unpaired) electrons. The third-order valence-electron chi connectivity index (χ3n) is 4.08. The van der Waals surface area contributed by atoms with Crippen molar-refractivity contribution in [3.8, 4) is 0 Å². The molecule has 1 saturated carbocycles. The van der Waals surface area contributed by atoms with Crippen molar-refractivity contribution < 1.29 is 0 Å². The molecular formula is C17H18N4S. The summed E-state index contributed by atoms with van der Waals surface area (Å²) in [5, 5.41) is 0.969. The Morgan fingerprint density at radius 2 is 1.86 bits per heavy atom. The molecule has 2 heterocycles. The lowest BCUT2D eigenvalue weighted by Gasteiger charge is -2.20. The van der Waals surface area contributed by atoms with Gasteiger partial charge in [-0.1, -0.05) is 36.0 Å². The van der Waals surface area contributed by atoms with Gasteiger partial charge >= 0.3 is 0 Å². The zero-order valence-corrected chi connectivity index (χ0v) is 13.6. The first kappa shape index (κ1) is 13.8. The van der Waals surface area contributed by atoms with Gasteiger partial charge in [-0.05, 0) is 29.9 Å². The van der Waals surface area contributed by atoms with Crippen molar-refractivity contribution in [3.63, 3.8) is 0 Å². The normalized spacial score (nSPS) is 16.9. The fraction of sp³-hybridized carbons (Fsp3) is 0.353. The summed E-state index contributed by atoms with van der Waals surface area (Å²) < 4.78 is 0. The molecule has 4 nitrogen and oxygen atoms in total. The molecule has 0 spiro atoms. The van der Waals surface area contributed by atoms with Crippen LogP contribution in [0.1, 0.15) is 29.9 Å². The van der Waals surface area contributed by atoms with Gasteiger partial charge in [0.25, 0.3) is 0 Å². The van der Waals surface area contributed by atoms with Crippen LogP contribution in [-0.2, 0) is 0 Å². The van der Waals surface area contributed by atoms with Gasteiger partial charge in [0.05, 0.1) is 5.71 Å². The summed E-state index contributed by atoms with van der Waals surface area (Å²) in [4.78, 5) is 15.6. The van der Waals surface area contributed by atoms with E-state index in [4.69, 9.17) is 4.99 Å². The van der Waals surface area contributed by atoms with E-state index in [-0.39, 0.29) is 0 Å². The maximum atomic E-state index is 4.86. The van der Waals surface area contributed by atoms with Crippen LogP contribution < -0.4 is 4.90 Å². The van der Waals surface area contributed by atoms with Crippen LogP contribution in [0, 0.1) is 0 Å². The SMILES string of the molecule is CN(C)c1ncnc2c1N=C(c1ccc(C3CC3)cc1)CS2. The molecule has 0 bridgehead atoms. The number of thioether (sulfide) groups is 1. The molecule has 5 heteroatoms. The lowest BCUT2D eigenvalue weighted by Crippen LogP contribution is -2.14. The minimum atomic E-state index is 0.797. The highest BCUT2D eigenvalue weighted by Crippen LogP contribution is 2.41. The van der Waals surface area contributed by atoms with Crippen molar-refractivity contribution >= 4 is 29.0 Å². The monoisotopic (exact) mass is 310 g/mol. The molecule has 22 heavy (non-hydrogen) atoms. The third-order valence-corrected chi connectivity index (χ3v) is 5.07. The van der Waals surface area contributed by atoms with Crippen molar-refractivity contribution in [1.82, 2.24) is 9.97 Å². The molecule has 1 aliphatic heterocycles. The number of benzene rings is 1. The second-order valence-electron chi connectivity index (χ2n) is 5.99. The summed E-state index contributed by atoms with van der Waals surface area (Å²) in [7, 11) is 3.98. The van der Waals surface area contributed by atoms with Crippen LogP contribution in [0.15, 0.2) is 40.6 Å². The molecule has 0 amide bonds. The maximum absolute atomic E-state index is 4.86. The van der Waals surface area contributed by atoms with Crippen LogP contribution in [-0.4, -0.2) is 35.5 Å². The van der Waals surface area contributed by atoms with Crippen LogP contribution in [0.25, 0.3) is 0 Å². The van der Waals surface area contributed by atoms with Gasteiger partial charge in [-0.15, -0.1) is 0 Å². The number of aliphatic imine (C=N–C) groups is 1. The van der Waals surface area contributed by atoms with Gasteiger partial charge in [0.1, 0.15) is 17.0 Å². The Balaban J connectivity index is 1.71. The number of hydrogen-bond donors (Lipinski definition) is 0. The van der Waals surface area contributed by atoms with E-state index in [9.17, 15) is 0 Å². The molecule has 0 N–H and O–H groups in total.